The van der Waals surface area contributed by atoms with Gasteiger partial charge in [-0.3, -0.25) is 5.43 Å². The lowest BCUT2D eigenvalue weighted by Crippen LogP contribution is -2.05. The molecule has 0 atom stereocenters. The predicted octanol–water partition coefficient (Wildman–Crippen LogP) is 4.98. The van der Waals surface area contributed by atoms with Crippen LogP contribution in [0.2, 0.25) is 0 Å². The maximum absolute atomic E-state index is 12.7. The molecule has 0 aliphatic rings. The van der Waals surface area contributed by atoms with E-state index in [0.29, 0.717) is 11.2 Å². The number of hydrazone groups is 1. The summed E-state index contributed by atoms with van der Waals surface area (Å²) in [4.78, 5) is 4.35. The maximum atomic E-state index is 12.7. The summed E-state index contributed by atoms with van der Waals surface area (Å²) in [6.45, 7) is 0. The maximum Gasteiger partial charge on any atom is 0.416 e. The third-order valence-electron chi connectivity index (χ3n) is 3.21. The average molecular weight is 363 g/mol. The molecule has 0 amide bonds. The van der Waals surface area contributed by atoms with Gasteiger partial charge in [-0.15, -0.1) is 11.3 Å². The first-order valence-corrected chi connectivity index (χ1v) is 8.01. The molecule has 0 radical (unpaired) electrons. The smallest absolute Gasteiger partial charge is 0.416 e. The Bertz CT molecular complexity index is 892. The van der Waals surface area contributed by atoms with Crippen LogP contribution in [-0.4, -0.2) is 16.3 Å². The van der Waals surface area contributed by atoms with Gasteiger partial charge in [0, 0.05) is 10.9 Å². The summed E-state index contributed by atoms with van der Waals surface area (Å²) in [6.07, 6.45) is -3.34. The van der Waals surface area contributed by atoms with Crippen molar-refractivity contribution >= 4 is 22.7 Å². The van der Waals surface area contributed by atoms with E-state index in [2.05, 4.69) is 15.5 Å². The normalized spacial score (nSPS) is 11.8. The number of aromatic hydroxyl groups is 1. The largest absolute Gasteiger partial charge is 0.508 e. The van der Waals surface area contributed by atoms with Crippen LogP contribution in [0.5, 0.6) is 5.75 Å². The third kappa shape index (κ3) is 4.36. The van der Waals surface area contributed by atoms with Crippen molar-refractivity contribution in [1.82, 2.24) is 4.98 Å². The van der Waals surface area contributed by atoms with Gasteiger partial charge in [0.1, 0.15) is 5.75 Å². The van der Waals surface area contributed by atoms with Gasteiger partial charge < -0.3 is 5.11 Å². The number of halogens is 3. The number of nitrogens with one attached hydrogen (secondary N) is 1. The number of hydrogen-bond donors (Lipinski definition) is 2. The monoisotopic (exact) mass is 363 g/mol. The molecule has 0 saturated carbocycles. The number of aromatic nitrogens is 1. The number of phenolic OH excluding ortho intramolecular Hbond substituents is 1. The van der Waals surface area contributed by atoms with E-state index in [1.54, 1.807) is 0 Å². The molecule has 0 fully saturated rings. The lowest BCUT2D eigenvalue weighted by molar-refractivity contribution is -0.137. The number of nitrogens with zero attached hydrogens (tertiary/aromatic N) is 2. The van der Waals surface area contributed by atoms with Crippen LogP contribution in [0.4, 0.5) is 18.3 Å². The lowest BCUT2D eigenvalue weighted by atomic mass is 10.1. The molecule has 1 aromatic heterocycles. The molecule has 0 unspecified atom stereocenters. The van der Waals surface area contributed by atoms with Crippen molar-refractivity contribution in [3.8, 4) is 17.0 Å². The molecule has 0 aliphatic carbocycles. The topological polar surface area (TPSA) is 57.5 Å². The third-order valence-corrected chi connectivity index (χ3v) is 3.96. The van der Waals surface area contributed by atoms with Gasteiger partial charge >= 0.3 is 6.18 Å². The van der Waals surface area contributed by atoms with Crippen molar-refractivity contribution < 1.29 is 18.3 Å². The van der Waals surface area contributed by atoms with Gasteiger partial charge in [-0.2, -0.15) is 18.3 Å². The molecule has 1 heterocycles. The van der Waals surface area contributed by atoms with Crippen LogP contribution < -0.4 is 5.43 Å². The fraction of sp³-hybridized carbons (Fsp3) is 0.0588. The van der Waals surface area contributed by atoms with Crippen molar-refractivity contribution in [1.29, 1.82) is 0 Å². The first-order valence-electron chi connectivity index (χ1n) is 7.13. The van der Waals surface area contributed by atoms with Gasteiger partial charge in [0.25, 0.3) is 0 Å². The minimum Gasteiger partial charge on any atom is -0.508 e. The highest BCUT2D eigenvalue weighted by Crippen LogP contribution is 2.32. The number of anilines is 1. The van der Waals surface area contributed by atoms with E-state index in [9.17, 15) is 18.3 Å². The van der Waals surface area contributed by atoms with Crippen molar-refractivity contribution in [2.24, 2.45) is 5.10 Å². The molecule has 25 heavy (non-hydrogen) atoms. The van der Waals surface area contributed by atoms with Gasteiger partial charge in [0.2, 0.25) is 5.13 Å². The molecule has 0 bridgehead atoms. The van der Waals surface area contributed by atoms with Gasteiger partial charge in [-0.1, -0.05) is 30.3 Å². The Morgan fingerprint density at radius 2 is 1.88 bits per heavy atom. The molecule has 0 saturated heterocycles. The number of alkyl halides is 3. The molecular weight excluding hydrogens is 351 g/mol. The molecule has 2 aromatic carbocycles. The lowest BCUT2D eigenvalue weighted by Gasteiger charge is -2.07. The van der Waals surface area contributed by atoms with Crippen LogP contribution in [0.1, 0.15) is 11.1 Å². The molecule has 8 heteroatoms. The molecule has 2 N–H and O–H groups in total. The number of thiazole rings is 1. The second-order valence-electron chi connectivity index (χ2n) is 5.08. The minimum atomic E-state index is -4.53. The molecule has 3 rings (SSSR count). The Labute approximate surface area is 145 Å². The van der Waals surface area contributed by atoms with Crippen molar-refractivity contribution in [2.75, 3.05) is 5.43 Å². The van der Waals surface area contributed by atoms with Crippen LogP contribution in [-0.2, 0) is 6.18 Å². The van der Waals surface area contributed by atoms with E-state index in [1.165, 1.54) is 23.6 Å². The molecular formula is C17H12F3N3OS. The zero-order valence-electron chi connectivity index (χ0n) is 12.7. The number of rotatable bonds is 4. The van der Waals surface area contributed by atoms with Crippen LogP contribution >= 0.6 is 11.3 Å². The van der Waals surface area contributed by atoms with Crippen molar-refractivity contribution in [3.05, 3.63) is 65.0 Å². The van der Waals surface area contributed by atoms with E-state index in [0.717, 1.165) is 17.3 Å². The molecule has 3 aromatic rings. The van der Waals surface area contributed by atoms with Crippen molar-refractivity contribution in [3.63, 3.8) is 0 Å². The predicted molar refractivity (Wildman–Crippen MR) is 91.9 cm³/mol. The van der Waals surface area contributed by atoms with E-state index >= 15 is 0 Å². The standard InChI is InChI=1S/C17H12F3N3OS/c18-17(19,20)13-6-11(7-14(24)8-13)9-21-23-16-22-15(10-25-16)12-4-2-1-3-5-12/h1-10,24H,(H,22,23). The summed E-state index contributed by atoms with van der Waals surface area (Å²) in [5.74, 6) is -0.475. The first-order chi connectivity index (χ1) is 11.9. The van der Waals surface area contributed by atoms with E-state index in [-0.39, 0.29) is 5.56 Å². The fourth-order valence-electron chi connectivity index (χ4n) is 2.10. The van der Waals surface area contributed by atoms with Crippen LogP contribution in [0.3, 0.4) is 0 Å². The Morgan fingerprint density at radius 1 is 1.12 bits per heavy atom. The van der Waals surface area contributed by atoms with Gasteiger partial charge in [-0.25, -0.2) is 4.98 Å². The zero-order valence-corrected chi connectivity index (χ0v) is 13.5. The highest BCUT2D eigenvalue weighted by molar-refractivity contribution is 7.14. The molecule has 128 valence electrons. The van der Waals surface area contributed by atoms with E-state index < -0.39 is 17.5 Å². The van der Waals surface area contributed by atoms with E-state index in [4.69, 9.17) is 0 Å². The Kier molecular flexibility index (Phi) is 4.71. The Morgan fingerprint density at radius 3 is 2.60 bits per heavy atom. The molecule has 4 nitrogen and oxygen atoms in total. The highest BCUT2D eigenvalue weighted by atomic mass is 32.1. The fourth-order valence-corrected chi connectivity index (χ4v) is 2.77. The summed E-state index contributed by atoms with van der Waals surface area (Å²) in [7, 11) is 0. The first kappa shape index (κ1) is 17.0. The Balaban J connectivity index is 1.72. The number of benzene rings is 2. The number of hydrogen-bond acceptors (Lipinski definition) is 5. The van der Waals surface area contributed by atoms with E-state index in [1.807, 2.05) is 35.7 Å². The highest BCUT2D eigenvalue weighted by Gasteiger charge is 2.31. The van der Waals surface area contributed by atoms with Crippen molar-refractivity contribution in [2.45, 2.75) is 6.18 Å². The van der Waals surface area contributed by atoms with Crippen LogP contribution in [0, 0.1) is 0 Å². The summed E-state index contributed by atoms with van der Waals surface area (Å²) < 4.78 is 38.2. The second kappa shape index (κ2) is 6.94. The summed E-state index contributed by atoms with van der Waals surface area (Å²) in [6, 6.07) is 12.3. The van der Waals surface area contributed by atoms with Gasteiger partial charge in [-0.05, 0) is 23.8 Å². The summed E-state index contributed by atoms with van der Waals surface area (Å²) in [5.41, 5.74) is 3.60. The quantitative estimate of drug-likeness (QED) is 0.508. The Hall–Kier alpha value is -2.87. The zero-order chi connectivity index (χ0) is 17.9. The molecule has 0 spiro atoms. The summed E-state index contributed by atoms with van der Waals surface area (Å²) >= 11 is 1.32. The summed E-state index contributed by atoms with van der Waals surface area (Å²) in [5, 5.41) is 15.6. The van der Waals surface area contributed by atoms with Gasteiger partial charge in [0.05, 0.1) is 17.5 Å². The van der Waals surface area contributed by atoms with Gasteiger partial charge in [0.15, 0.2) is 0 Å². The second-order valence-corrected chi connectivity index (χ2v) is 5.94. The average Bonchev–Trinajstić information content (AvgIpc) is 3.03. The minimum absolute atomic E-state index is 0.125. The molecule has 0 aliphatic heterocycles. The number of phenols is 1. The van der Waals surface area contributed by atoms with Crippen LogP contribution in [0.15, 0.2) is 59.0 Å². The van der Waals surface area contributed by atoms with Crippen LogP contribution in [0.25, 0.3) is 11.3 Å². The SMILES string of the molecule is Oc1cc(C=NNc2nc(-c3ccccc3)cs2)cc(C(F)(F)F)c1.